The van der Waals surface area contributed by atoms with Gasteiger partial charge in [-0.25, -0.2) is 14.4 Å². The summed E-state index contributed by atoms with van der Waals surface area (Å²) >= 11 is 0. The van der Waals surface area contributed by atoms with E-state index in [1.54, 1.807) is 0 Å². The molecule has 25 heavy (non-hydrogen) atoms. The van der Waals surface area contributed by atoms with Crippen molar-refractivity contribution in [2.75, 3.05) is 5.73 Å². The normalized spacial score (nSPS) is 14.2. The number of rotatable bonds is 3. The fraction of sp³-hybridized carbons (Fsp3) is 0.389. The van der Waals surface area contributed by atoms with Crippen molar-refractivity contribution in [3.63, 3.8) is 0 Å². The molecule has 1 aliphatic rings. The molecular formula is C18H23FN4OSi. The number of benzene rings is 1. The Balaban J connectivity index is 2.01. The first kappa shape index (κ1) is 17.5. The zero-order valence-electron chi connectivity index (χ0n) is 15.2. The minimum atomic E-state index is -2.07. The molecule has 0 amide bonds. The van der Waals surface area contributed by atoms with E-state index in [0.717, 1.165) is 5.69 Å². The van der Waals surface area contributed by atoms with Crippen LogP contribution in [-0.4, -0.2) is 24.0 Å². The predicted molar refractivity (Wildman–Crippen MR) is 100 cm³/mol. The molecule has 0 atom stereocenters. The molecule has 0 radical (unpaired) electrons. The molecule has 2 N–H and O–H groups in total. The second kappa shape index (κ2) is 5.91. The summed E-state index contributed by atoms with van der Waals surface area (Å²) < 4.78 is 20.5. The lowest BCUT2D eigenvalue weighted by molar-refractivity contribution is 0.487. The van der Waals surface area contributed by atoms with Crippen molar-refractivity contribution in [1.29, 1.82) is 0 Å². The maximum Gasteiger partial charge on any atom is 0.250 e. The highest BCUT2D eigenvalue weighted by Gasteiger charge is 2.39. The number of fused-ring (bicyclic) bond motifs is 1. The van der Waals surface area contributed by atoms with Crippen molar-refractivity contribution in [2.45, 2.75) is 45.4 Å². The van der Waals surface area contributed by atoms with Gasteiger partial charge in [0, 0.05) is 11.6 Å². The fourth-order valence-electron chi connectivity index (χ4n) is 2.49. The Bertz CT molecular complexity index is 859. The maximum atomic E-state index is 14.2. The van der Waals surface area contributed by atoms with Gasteiger partial charge in [-0.15, -0.1) is 0 Å². The fourth-order valence-corrected chi connectivity index (χ4v) is 3.50. The number of aromatic nitrogens is 2. The van der Waals surface area contributed by atoms with Gasteiger partial charge in [0.15, 0.2) is 0 Å². The molecule has 0 unspecified atom stereocenters. The Morgan fingerprint density at radius 1 is 1.16 bits per heavy atom. The van der Waals surface area contributed by atoms with Crippen LogP contribution in [0.25, 0.3) is 0 Å². The number of nitrogen functional groups attached to an aromatic ring is 1. The van der Waals surface area contributed by atoms with E-state index in [2.05, 4.69) is 48.8 Å². The van der Waals surface area contributed by atoms with Crippen LogP contribution in [-0.2, 0) is 6.54 Å². The van der Waals surface area contributed by atoms with E-state index in [9.17, 15) is 4.39 Å². The highest BCUT2D eigenvalue weighted by molar-refractivity contribution is 6.74. The van der Waals surface area contributed by atoms with E-state index in [1.165, 1.54) is 18.5 Å². The number of halogens is 1. The van der Waals surface area contributed by atoms with Gasteiger partial charge in [0.25, 0.3) is 0 Å². The highest BCUT2D eigenvalue weighted by atomic mass is 28.4. The number of anilines is 1. The van der Waals surface area contributed by atoms with Crippen molar-refractivity contribution in [3.05, 3.63) is 47.2 Å². The number of nitrogens with two attached hydrogens (primary N) is 1. The van der Waals surface area contributed by atoms with Gasteiger partial charge in [0.05, 0.1) is 23.5 Å². The third kappa shape index (κ3) is 3.28. The molecule has 0 saturated carbocycles. The van der Waals surface area contributed by atoms with Crippen LogP contribution in [0.5, 0.6) is 5.75 Å². The number of hydrogen-bond acceptors (Lipinski definition) is 5. The third-order valence-electron chi connectivity index (χ3n) is 4.90. The van der Waals surface area contributed by atoms with Crippen molar-refractivity contribution in [2.24, 2.45) is 4.99 Å². The molecule has 132 valence electrons. The number of hydrogen-bond donors (Lipinski definition) is 1. The summed E-state index contributed by atoms with van der Waals surface area (Å²) in [7, 11) is -2.07. The summed E-state index contributed by atoms with van der Waals surface area (Å²) in [5.41, 5.74) is 8.69. The van der Waals surface area contributed by atoms with Crippen LogP contribution in [0.2, 0.25) is 18.1 Å². The van der Waals surface area contributed by atoms with Gasteiger partial charge in [-0.1, -0.05) is 20.8 Å². The van der Waals surface area contributed by atoms with Crippen molar-refractivity contribution < 1.29 is 8.82 Å². The summed E-state index contributed by atoms with van der Waals surface area (Å²) in [6, 6.07) is 4.69. The Hall–Kier alpha value is -2.28. The summed E-state index contributed by atoms with van der Waals surface area (Å²) in [6.45, 7) is 11.1. The topological polar surface area (TPSA) is 73.4 Å². The minimum Gasteiger partial charge on any atom is -0.543 e. The van der Waals surface area contributed by atoms with Gasteiger partial charge >= 0.3 is 0 Å². The summed E-state index contributed by atoms with van der Waals surface area (Å²) in [5.74, 6) is 0.517. The van der Waals surface area contributed by atoms with Gasteiger partial charge in [-0.3, -0.25) is 4.99 Å². The summed E-state index contributed by atoms with van der Waals surface area (Å²) in [5, 5.41) is 0.0230. The maximum absolute atomic E-state index is 14.2. The molecule has 1 aromatic carbocycles. The van der Waals surface area contributed by atoms with Crippen LogP contribution in [0.15, 0.2) is 29.5 Å². The van der Waals surface area contributed by atoms with Crippen LogP contribution < -0.4 is 10.2 Å². The van der Waals surface area contributed by atoms with Crippen LogP contribution in [0.4, 0.5) is 10.2 Å². The zero-order chi connectivity index (χ0) is 18.4. The van der Waals surface area contributed by atoms with E-state index in [1.807, 2.05) is 6.07 Å². The van der Waals surface area contributed by atoms with Gasteiger partial charge < -0.3 is 10.2 Å². The number of nitrogens with zero attached hydrogens (tertiary/aromatic N) is 3. The molecule has 0 aliphatic carbocycles. The molecule has 7 heteroatoms. The SMILES string of the molecule is CC(C)(C)[Si](C)(C)Oc1cc(F)cc(C2=NCc3ncnc(N)c32)c1. The lowest BCUT2D eigenvalue weighted by Crippen LogP contribution is -2.43. The van der Waals surface area contributed by atoms with Crippen molar-refractivity contribution in [3.8, 4) is 5.75 Å². The molecule has 5 nitrogen and oxygen atoms in total. The first-order chi connectivity index (χ1) is 11.6. The second-order valence-corrected chi connectivity index (χ2v) is 12.5. The molecule has 1 aliphatic heterocycles. The Morgan fingerprint density at radius 2 is 1.88 bits per heavy atom. The first-order valence-electron chi connectivity index (χ1n) is 8.22. The van der Waals surface area contributed by atoms with E-state index in [4.69, 9.17) is 10.2 Å². The molecule has 2 heterocycles. The lowest BCUT2D eigenvalue weighted by atomic mass is 10.0. The van der Waals surface area contributed by atoms with Crippen LogP contribution >= 0.6 is 0 Å². The summed E-state index contributed by atoms with van der Waals surface area (Å²) in [4.78, 5) is 12.7. The molecule has 0 fully saturated rings. The number of aliphatic imine (C=N–C) groups is 1. The molecule has 2 aromatic rings. The van der Waals surface area contributed by atoms with Crippen LogP contribution in [0.1, 0.15) is 37.6 Å². The van der Waals surface area contributed by atoms with Gasteiger partial charge in [-0.05, 0) is 30.3 Å². The average Bonchev–Trinajstić information content (AvgIpc) is 2.90. The van der Waals surface area contributed by atoms with Crippen molar-refractivity contribution >= 4 is 19.8 Å². The minimum absolute atomic E-state index is 0.0230. The monoisotopic (exact) mass is 358 g/mol. The van der Waals surface area contributed by atoms with E-state index in [0.29, 0.717) is 35.0 Å². The van der Waals surface area contributed by atoms with E-state index < -0.39 is 8.32 Å². The second-order valence-electron chi connectivity index (χ2n) is 7.78. The van der Waals surface area contributed by atoms with E-state index >= 15 is 0 Å². The molecule has 0 saturated heterocycles. The standard InChI is InChI=1S/C18H23FN4OSi/c1-18(2,3)25(4,5)24-13-7-11(6-12(19)8-13)16-15-14(9-21-16)22-10-23-17(15)20/h6-8,10H,9H2,1-5H3,(H2,20,22,23). The summed E-state index contributed by atoms with van der Waals surface area (Å²) in [6.07, 6.45) is 1.42. The Kier molecular flexibility index (Phi) is 4.14. The lowest BCUT2D eigenvalue weighted by Gasteiger charge is -2.36. The molecular weight excluding hydrogens is 335 g/mol. The zero-order valence-corrected chi connectivity index (χ0v) is 16.2. The molecule has 0 bridgehead atoms. The molecule has 1 aromatic heterocycles. The first-order valence-corrected chi connectivity index (χ1v) is 11.1. The van der Waals surface area contributed by atoms with E-state index in [-0.39, 0.29) is 10.9 Å². The van der Waals surface area contributed by atoms with Gasteiger partial charge in [-0.2, -0.15) is 0 Å². The van der Waals surface area contributed by atoms with Gasteiger partial charge in [0.2, 0.25) is 8.32 Å². The quantitative estimate of drug-likeness (QED) is 0.844. The van der Waals surface area contributed by atoms with Crippen molar-refractivity contribution in [1.82, 2.24) is 9.97 Å². The van der Waals surface area contributed by atoms with Crippen LogP contribution in [0.3, 0.4) is 0 Å². The van der Waals surface area contributed by atoms with Crippen LogP contribution in [0, 0.1) is 5.82 Å². The Labute approximate surface area is 148 Å². The van der Waals surface area contributed by atoms with Gasteiger partial charge in [0.1, 0.15) is 23.7 Å². The average molecular weight is 358 g/mol. The highest BCUT2D eigenvalue weighted by Crippen LogP contribution is 2.38. The largest absolute Gasteiger partial charge is 0.543 e. The molecule has 0 spiro atoms. The molecule has 3 rings (SSSR count). The smallest absolute Gasteiger partial charge is 0.250 e. The Morgan fingerprint density at radius 3 is 2.56 bits per heavy atom. The third-order valence-corrected chi connectivity index (χ3v) is 9.26. The predicted octanol–water partition coefficient (Wildman–Crippen LogP) is 3.93.